The maximum absolute atomic E-state index is 12.8. The Labute approximate surface area is 178 Å². The van der Waals surface area contributed by atoms with Crippen molar-refractivity contribution < 1.29 is 23.0 Å². The second kappa shape index (κ2) is 9.59. The van der Waals surface area contributed by atoms with Crippen LogP contribution in [0.4, 0.5) is 0 Å². The molecule has 1 saturated heterocycles. The van der Waals surface area contributed by atoms with E-state index in [9.17, 15) is 13.2 Å². The van der Waals surface area contributed by atoms with E-state index in [0.29, 0.717) is 49.3 Å². The average molecular weight is 433 g/mol. The zero-order valence-corrected chi connectivity index (χ0v) is 18.4. The number of sulfonamides is 1. The first-order valence-corrected chi connectivity index (χ1v) is 11.5. The fourth-order valence-corrected chi connectivity index (χ4v) is 4.82. The molecule has 0 saturated carbocycles. The van der Waals surface area contributed by atoms with Gasteiger partial charge in [-0.3, -0.25) is 14.7 Å². The van der Waals surface area contributed by atoms with Gasteiger partial charge in [0.1, 0.15) is 0 Å². The molecule has 3 rings (SSSR count). The van der Waals surface area contributed by atoms with Crippen LogP contribution in [0, 0.1) is 0 Å². The molecule has 1 aliphatic heterocycles. The van der Waals surface area contributed by atoms with Gasteiger partial charge in [0.15, 0.2) is 5.75 Å². The van der Waals surface area contributed by atoms with E-state index in [4.69, 9.17) is 9.78 Å². The molecule has 30 heavy (non-hydrogen) atoms. The lowest BCUT2D eigenvalue weighted by atomic mass is 10.00. The molecule has 0 spiro atoms. The van der Waals surface area contributed by atoms with E-state index in [1.54, 1.807) is 30.3 Å². The van der Waals surface area contributed by atoms with Gasteiger partial charge in [0.05, 0.1) is 4.90 Å². The van der Waals surface area contributed by atoms with Gasteiger partial charge in [-0.1, -0.05) is 44.2 Å². The van der Waals surface area contributed by atoms with Gasteiger partial charge in [0, 0.05) is 45.2 Å². The number of benzene rings is 2. The summed E-state index contributed by atoms with van der Waals surface area (Å²) in [6, 6.07) is 14.3. The standard InChI is InChI=1S/C22H28N2O5S/c1-17(2)19-9-10-22(29-28-18(3)25)20(15-19)16-23-11-13-24(14-12-23)30(26,27)21-7-5-4-6-8-21/h4-10,15,17H,11-14,16H2,1-3H3. The lowest BCUT2D eigenvalue weighted by molar-refractivity contribution is -0.211. The molecule has 0 bridgehead atoms. The third-order valence-corrected chi connectivity index (χ3v) is 7.02. The quantitative estimate of drug-likeness (QED) is 0.494. The Kier molecular flexibility index (Phi) is 7.12. The molecule has 0 amide bonds. The Morgan fingerprint density at radius 3 is 2.30 bits per heavy atom. The second-order valence-corrected chi connectivity index (χ2v) is 9.61. The van der Waals surface area contributed by atoms with Gasteiger partial charge in [-0.2, -0.15) is 4.31 Å². The second-order valence-electron chi connectivity index (χ2n) is 7.67. The Morgan fingerprint density at radius 1 is 1.03 bits per heavy atom. The predicted octanol–water partition coefficient (Wildman–Crippen LogP) is 3.17. The van der Waals surface area contributed by atoms with Gasteiger partial charge in [-0.25, -0.2) is 13.2 Å². The fourth-order valence-electron chi connectivity index (χ4n) is 3.38. The van der Waals surface area contributed by atoms with E-state index >= 15 is 0 Å². The van der Waals surface area contributed by atoms with E-state index in [0.717, 1.165) is 11.1 Å². The monoisotopic (exact) mass is 432 g/mol. The Hall–Kier alpha value is -2.42. The molecular weight excluding hydrogens is 404 g/mol. The molecule has 0 aliphatic carbocycles. The van der Waals surface area contributed by atoms with Crippen LogP contribution in [0.1, 0.15) is 37.8 Å². The van der Waals surface area contributed by atoms with E-state index in [2.05, 4.69) is 24.8 Å². The van der Waals surface area contributed by atoms with Crippen LogP contribution < -0.4 is 4.89 Å². The number of nitrogens with zero attached hydrogens (tertiary/aromatic N) is 2. The third-order valence-electron chi connectivity index (χ3n) is 5.11. The van der Waals surface area contributed by atoms with Crippen molar-refractivity contribution in [2.45, 2.75) is 38.1 Å². The predicted molar refractivity (Wildman–Crippen MR) is 113 cm³/mol. The summed E-state index contributed by atoms with van der Waals surface area (Å²) >= 11 is 0. The van der Waals surface area contributed by atoms with Gasteiger partial charge in [0.25, 0.3) is 0 Å². The molecule has 0 N–H and O–H groups in total. The van der Waals surface area contributed by atoms with Crippen molar-refractivity contribution in [2.75, 3.05) is 26.2 Å². The van der Waals surface area contributed by atoms with E-state index in [1.165, 1.54) is 11.2 Å². The molecule has 2 aromatic rings. The van der Waals surface area contributed by atoms with Gasteiger partial charge < -0.3 is 0 Å². The van der Waals surface area contributed by atoms with E-state index in [-0.39, 0.29) is 0 Å². The van der Waals surface area contributed by atoms with Crippen LogP contribution >= 0.6 is 0 Å². The lowest BCUT2D eigenvalue weighted by Crippen LogP contribution is -2.48. The molecule has 0 atom stereocenters. The number of hydrogen-bond donors (Lipinski definition) is 0. The molecule has 0 aromatic heterocycles. The van der Waals surface area contributed by atoms with Crippen molar-refractivity contribution in [3.63, 3.8) is 0 Å². The summed E-state index contributed by atoms with van der Waals surface area (Å²) in [5.41, 5.74) is 2.06. The zero-order valence-electron chi connectivity index (χ0n) is 17.6. The summed E-state index contributed by atoms with van der Waals surface area (Å²) in [5, 5.41) is 0. The summed E-state index contributed by atoms with van der Waals surface area (Å²) in [6.07, 6.45) is 0. The van der Waals surface area contributed by atoms with Crippen molar-refractivity contribution in [2.24, 2.45) is 0 Å². The molecule has 1 fully saturated rings. The van der Waals surface area contributed by atoms with Crippen LogP contribution in [0.25, 0.3) is 0 Å². The highest BCUT2D eigenvalue weighted by atomic mass is 32.2. The molecule has 0 unspecified atom stereocenters. The van der Waals surface area contributed by atoms with Crippen LogP contribution in [-0.4, -0.2) is 49.8 Å². The highest BCUT2D eigenvalue weighted by Crippen LogP contribution is 2.27. The van der Waals surface area contributed by atoms with Gasteiger partial charge in [-0.05, 0) is 29.7 Å². The Bertz CT molecular complexity index is 968. The summed E-state index contributed by atoms with van der Waals surface area (Å²) in [7, 11) is -3.48. The fraction of sp³-hybridized carbons (Fsp3) is 0.409. The molecule has 162 valence electrons. The number of carbonyl (C=O) groups is 1. The number of carbonyl (C=O) groups excluding carboxylic acids is 1. The first kappa shape index (κ1) is 22.3. The zero-order chi connectivity index (χ0) is 21.7. The van der Waals surface area contributed by atoms with E-state index < -0.39 is 16.0 Å². The van der Waals surface area contributed by atoms with Crippen LogP contribution in [-0.2, 0) is 26.3 Å². The Balaban J connectivity index is 1.69. The molecular formula is C22H28N2O5S. The molecule has 2 aromatic carbocycles. The highest BCUT2D eigenvalue weighted by molar-refractivity contribution is 7.89. The average Bonchev–Trinajstić information content (AvgIpc) is 2.73. The SMILES string of the molecule is CC(=O)OOc1ccc(C(C)C)cc1CN1CCN(S(=O)(=O)c2ccccc2)CC1. The topological polar surface area (TPSA) is 76.2 Å². The van der Waals surface area contributed by atoms with E-state index in [1.807, 2.05) is 12.1 Å². The van der Waals surface area contributed by atoms with Crippen LogP contribution in [0.15, 0.2) is 53.4 Å². The number of hydrogen-bond acceptors (Lipinski definition) is 6. The summed E-state index contributed by atoms with van der Waals surface area (Å²) < 4.78 is 27.2. The van der Waals surface area contributed by atoms with Gasteiger partial charge in [-0.15, -0.1) is 0 Å². The number of rotatable bonds is 7. The van der Waals surface area contributed by atoms with Gasteiger partial charge >= 0.3 is 5.97 Å². The van der Waals surface area contributed by atoms with Crippen LogP contribution in [0.5, 0.6) is 5.75 Å². The maximum Gasteiger partial charge on any atom is 0.352 e. The van der Waals surface area contributed by atoms with Crippen LogP contribution in [0.2, 0.25) is 0 Å². The van der Waals surface area contributed by atoms with Crippen molar-refractivity contribution in [3.05, 3.63) is 59.7 Å². The molecule has 0 radical (unpaired) electrons. The van der Waals surface area contributed by atoms with Gasteiger partial charge in [0.2, 0.25) is 10.0 Å². The summed E-state index contributed by atoms with van der Waals surface area (Å²) in [4.78, 5) is 23.6. The molecule has 7 nitrogen and oxygen atoms in total. The minimum Gasteiger partial charge on any atom is -0.296 e. The number of piperazine rings is 1. The largest absolute Gasteiger partial charge is 0.352 e. The smallest absolute Gasteiger partial charge is 0.296 e. The van der Waals surface area contributed by atoms with Crippen molar-refractivity contribution in [3.8, 4) is 5.75 Å². The Morgan fingerprint density at radius 2 is 1.70 bits per heavy atom. The molecule has 1 aliphatic rings. The lowest BCUT2D eigenvalue weighted by Gasteiger charge is -2.34. The normalized spacial score (nSPS) is 15.9. The maximum atomic E-state index is 12.8. The first-order chi connectivity index (χ1) is 14.3. The molecule has 8 heteroatoms. The van der Waals surface area contributed by atoms with Crippen molar-refractivity contribution in [1.82, 2.24) is 9.21 Å². The minimum absolute atomic E-state index is 0.320. The van der Waals surface area contributed by atoms with Crippen LogP contribution in [0.3, 0.4) is 0 Å². The summed E-state index contributed by atoms with van der Waals surface area (Å²) in [6.45, 7) is 8.13. The molecule has 1 heterocycles. The minimum atomic E-state index is -3.48. The van der Waals surface area contributed by atoms with Crippen molar-refractivity contribution in [1.29, 1.82) is 0 Å². The van der Waals surface area contributed by atoms with Crippen molar-refractivity contribution >= 4 is 16.0 Å². The third kappa shape index (κ3) is 5.38. The summed E-state index contributed by atoms with van der Waals surface area (Å²) in [5.74, 6) is 0.321. The highest BCUT2D eigenvalue weighted by Gasteiger charge is 2.28. The first-order valence-electron chi connectivity index (χ1n) is 10.0.